The first kappa shape index (κ1) is 12.6. The molecule has 4 heteroatoms. The summed E-state index contributed by atoms with van der Waals surface area (Å²) in [6.07, 6.45) is 0. The molecule has 0 bridgehead atoms. The van der Waals surface area contributed by atoms with Gasteiger partial charge in [0, 0.05) is 8.90 Å². The molecule has 1 rings (SSSR count). The molecule has 14 heavy (non-hydrogen) atoms. The summed E-state index contributed by atoms with van der Waals surface area (Å²) in [6.45, 7) is 1.59. The Morgan fingerprint density at radius 2 is 2.21 bits per heavy atom. The summed E-state index contributed by atoms with van der Waals surface area (Å²) in [5.41, 5.74) is 2.24. The molecule has 0 N–H and O–H groups in total. The Bertz CT molecular complexity index is 352. The highest BCUT2D eigenvalue weighted by atomic mass is 127. The van der Waals surface area contributed by atoms with E-state index in [1.807, 2.05) is 12.1 Å². The molecular formula is C10H9Br2IO. The third-order valence-electron chi connectivity index (χ3n) is 1.86. The first-order chi connectivity index (χ1) is 6.56. The van der Waals surface area contributed by atoms with Crippen molar-refractivity contribution < 1.29 is 4.79 Å². The number of rotatable bonds is 3. The summed E-state index contributed by atoms with van der Waals surface area (Å²) in [6, 6.07) is 6.07. The first-order valence-electron chi connectivity index (χ1n) is 4.05. The first-order valence-corrected chi connectivity index (χ1v) is 7.16. The van der Waals surface area contributed by atoms with Crippen molar-refractivity contribution in [3.05, 3.63) is 32.9 Å². The highest BCUT2D eigenvalue weighted by molar-refractivity contribution is 14.1. The van der Waals surface area contributed by atoms with Gasteiger partial charge in [-0.25, -0.2) is 0 Å². The van der Waals surface area contributed by atoms with E-state index in [2.05, 4.69) is 60.5 Å². The van der Waals surface area contributed by atoms with Gasteiger partial charge in [0.1, 0.15) is 5.78 Å². The minimum atomic E-state index is -0.183. The standard InChI is InChI=1S/C10H9Br2IO/c1-6(14)10(12)7-2-3-9(13)8(4-7)5-11/h2-4,10H,5H2,1H3. The van der Waals surface area contributed by atoms with E-state index < -0.39 is 0 Å². The van der Waals surface area contributed by atoms with Crippen LogP contribution in [0.5, 0.6) is 0 Å². The van der Waals surface area contributed by atoms with Gasteiger partial charge in [0.05, 0.1) is 4.83 Å². The molecule has 0 saturated carbocycles. The second-order valence-electron chi connectivity index (χ2n) is 2.96. The molecule has 0 aliphatic carbocycles. The molecule has 1 aromatic carbocycles. The Hall–Kier alpha value is 0.580. The van der Waals surface area contributed by atoms with Crippen molar-refractivity contribution in [1.29, 1.82) is 0 Å². The van der Waals surface area contributed by atoms with Gasteiger partial charge in [-0.15, -0.1) is 0 Å². The topological polar surface area (TPSA) is 17.1 Å². The maximum absolute atomic E-state index is 11.2. The maximum Gasteiger partial charge on any atom is 0.147 e. The molecule has 0 amide bonds. The predicted octanol–water partition coefficient (Wildman–Crippen LogP) is 4.21. The second kappa shape index (κ2) is 5.61. The number of Topliss-reactive ketones (excluding diaryl/α,β-unsaturated/α-hetero) is 1. The van der Waals surface area contributed by atoms with Crippen molar-refractivity contribution >= 4 is 60.2 Å². The van der Waals surface area contributed by atoms with Crippen LogP contribution in [0.2, 0.25) is 0 Å². The van der Waals surface area contributed by atoms with Crippen LogP contribution in [0.4, 0.5) is 0 Å². The quantitative estimate of drug-likeness (QED) is 0.517. The highest BCUT2D eigenvalue weighted by Crippen LogP contribution is 2.27. The largest absolute Gasteiger partial charge is 0.298 e. The SMILES string of the molecule is CC(=O)C(Br)c1ccc(I)c(CBr)c1. The number of carbonyl (C=O) groups is 1. The number of alkyl halides is 2. The van der Waals surface area contributed by atoms with Gasteiger partial charge in [-0.05, 0) is 46.7 Å². The summed E-state index contributed by atoms with van der Waals surface area (Å²) < 4.78 is 1.21. The van der Waals surface area contributed by atoms with Crippen molar-refractivity contribution in [3.63, 3.8) is 0 Å². The molecule has 1 nitrogen and oxygen atoms in total. The van der Waals surface area contributed by atoms with Gasteiger partial charge in [-0.1, -0.05) is 44.0 Å². The van der Waals surface area contributed by atoms with Crippen LogP contribution in [0.25, 0.3) is 0 Å². The molecule has 1 atom stereocenters. The zero-order valence-corrected chi connectivity index (χ0v) is 12.9. The van der Waals surface area contributed by atoms with E-state index in [-0.39, 0.29) is 10.6 Å². The van der Waals surface area contributed by atoms with E-state index in [0.717, 1.165) is 10.9 Å². The lowest BCUT2D eigenvalue weighted by Crippen LogP contribution is -2.01. The number of hydrogen-bond donors (Lipinski definition) is 0. The number of hydrogen-bond acceptors (Lipinski definition) is 1. The minimum absolute atomic E-state index is 0.131. The van der Waals surface area contributed by atoms with E-state index in [1.54, 1.807) is 6.92 Å². The maximum atomic E-state index is 11.2. The normalized spacial score (nSPS) is 12.6. The Balaban J connectivity index is 3.06. The van der Waals surface area contributed by atoms with Gasteiger partial charge in [0.25, 0.3) is 0 Å². The van der Waals surface area contributed by atoms with Crippen molar-refractivity contribution in [2.75, 3.05) is 0 Å². The van der Waals surface area contributed by atoms with Gasteiger partial charge < -0.3 is 0 Å². The monoisotopic (exact) mass is 430 g/mol. The smallest absolute Gasteiger partial charge is 0.147 e. The van der Waals surface area contributed by atoms with Gasteiger partial charge >= 0.3 is 0 Å². The molecule has 0 aliphatic heterocycles. The molecule has 0 aromatic heterocycles. The number of ketones is 1. The van der Waals surface area contributed by atoms with Crippen LogP contribution < -0.4 is 0 Å². The zero-order chi connectivity index (χ0) is 10.7. The summed E-state index contributed by atoms with van der Waals surface area (Å²) >= 11 is 9.08. The molecule has 0 spiro atoms. The van der Waals surface area contributed by atoms with Gasteiger partial charge in [-0.2, -0.15) is 0 Å². The third-order valence-corrected chi connectivity index (χ3v) is 4.69. The van der Waals surface area contributed by atoms with E-state index in [4.69, 9.17) is 0 Å². The molecular weight excluding hydrogens is 423 g/mol. The lowest BCUT2D eigenvalue weighted by atomic mass is 10.1. The second-order valence-corrected chi connectivity index (χ2v) is 5.60. The van der Waals surface area contributed by atoms with Crippen LogP contribution in [0.15, 0.2) is 18.2 Å². The van der Waals surface area contributed by atoms with E-state index >= 15 is 0 Å². The van der Waals surface area contributed by atoms with E-state index in [1.165, 1.54) is 9.13 Å². The fraction of sp³-hybridized carbons (Fsp3) is 0.300. The van der Waals surface area contributed by atoms with Crippen molar-refractivity contribution in [3.8, 4) is 0 Å². The van der Waals surface area contributed by atoms with Crippen LogP contribution in [0.3, 0.4) is 0 Å². The number of halogens is 3. The number of carbonyl (C=O) groups excluding carboxylic acids is 1. The molecule has 76 valence electrons. The Kier molecular flexibility index (Phi) is 5.06. The lowest BCUT2D eigenvalue weighted by molar-refractivity contribution is -0.116. The van der Waals surface area contributed by atoms with Crippen LogP contribution >= 0.6 is 54.5 Å². The molecule has 0 aliphatic rings. The average molecular weight is 432 g/mol. The number of benzene rings is 1. The summed E-state index contributed by atoms with van der Waals surface area (Å²) in [7, 11) is 0. The Morgan fingerprint density at radius 1 is 1.57 bits per heavy atom. The molecule has 1 unspecified atom stereocenters. The zero-order valence-electron chi connectivity index (χ0n) is 7.56. The van der Waals surface area contributed by atoms with Crippen LogP contribution in [-0.4, -0.2) is 5.78 Å². The highest BCUT2D eigenvalue weighted by Gasteiger charge is 2.13. The van der Waals surface area contributed by atoms with Crippen molar-refractivity contribution in [1.82, 2.24) is 0 Å². The molecule has 1 aromatic rings. The van der Waals surface area contributed by atoms with Gasteiger partial charge in [-0.3, -0.25) is 4.79 Å². The molecule has 0 heterocycles. The summed E-state index contributed by atoms with van der Waals surface area (Å²) in [5, 5.41) is 0.816. The summed E-state index contributed by atoms with van der Waals surface area (Å²) in [4.78, 5) is 11.0. The Labute approximate surface area is 114 Å². The van der Waals surface area contributed by atoms with E-state index in [0.29, 0.717) is 0 Å². The van der Waals surface area contributed by atoms with Crippen LogP contribution in [-0.2, 0) is 10.1 Å². The average Bonchev–Trinajstić information content (AvgIpc) is 2.17. The fourth-order valence-corrected chi connectivity index (χ4v) is 2.89. The Morgan fingerprint density at radius 3 is 2.71 bits per heavy atom. The lowest BCUT2D eigenvalue weighted by Gasteiger charge is -2.08. The molecule has 0 radical (unpaired) electrons. The fourth-order valence-electron chi connectivity index (χ4n) is 1.09. The van der Waals surface area contributed by atoms with Crippen LogP contribution in [0.1, 0.15) is 22.9 Å². The van der Waals surface area contributed by atoms with Gasteiger partial charge in [0.15, 0.2) is 0 Å². The van der Waals surface area contributed by atoms with Gasteiger partial charge in [0.2, 0.25) is 0 Å². The molecule has 0 saturated heterocycles. The van der Waals surface area contributed by atoms with Crippen molar-refractivity contribution in [2.24, 2.45) is 0 Å². The minimum Gasteiger partial charge on any atom is -0.298 e. The van der Waals surface area contributed by atoms with Crippen molar-refractivity contribution in [2.45, 2.75) is 17.1 Å². The molecule has 0 fully saturated rings. The third kappa shape index (κ3) is 3.03. The van der Waals surface area contributed by atoms with E-state index in [9.17, 15) is 4.79 Å². The predicted molar refractivity (Wildman–Crippen MR) is 74.1 cm³/mol. The summed E-state index contributed by atoms with van der Waals surface area (Å²) in [5.74, 6) is 0.131. The van der Waals surface area contributed by atoms with Crippen LogP contribution in [0, 0.1) is 3.57 Å².